The summed E-state index contributed by atoms with van der Waals surface area (Å²) < 4.78 is 74.0. The minimum atomic E-state index is -1.05. The second-order valence-electron chi connectivity index (χ2n) is 32.7. The Morgan fingerprint density at radius 3 is 0.598 bits per heavy atom. The van der Waals surface area contributed by atoms with Gasteiger partial charge in [0.05, 0.1) is 145 Å². The van der Waals surface area contributed by atoms with E-state index in [1.54, 1.807) is 144 Å². The van der Waals surface area contributed by atoms with E-state index >= 15 is 0 Å². The van der Waals surface area contributed by atoms with Crippen LogP contribution in [-0.4, -0.2) is 368 Å². The number of nitrogens with one attached hydrogen (secondary N) is 2. The molecule has 33 nitrogen and oxygen atoms in total. The van der Waals surface area contributed by atoms with Gasteiger partial charge in [0.1, 0.15) is 39.2 Å². The molecule has 2 amide bonds. The molecule has 3 N–H and O–H groups in total. The van der Waals surface area contributed by atoms with Crippen molar-refractivity contribution in [1.29, 1.82) is 0 Å². The van der Waals surface area contributed by atoms with E-state index in [-0.39, 0.29) is 215 Å². The van der Waals surface area contributed by atoms with Crippen molar-refractivity contribution in [2.45, 2.75) is 192 Å². The maximum absolute atomic E-state index is 13.4. The molecule has 0 saturated heterocycles. The van der Waals surface area contributed by atoms with Gasteiger partial charge in [0, 0.05) is 78.5 Å². The number of carbonyl (C=O) groups is 10. The number of carboxylic acids is 1. The van der Waals surface area contributed by atoms with Crippen LogP contribution in [0.1, 0.15) is 152 Å². The lowest BCUT2D eigenvalue weighted by atomic mass is 10.2. The van der Waals surface area contributed by atoms with Gasteiger partial charge in [-0.2, -0.15) is 0 Å². The molecule has 0 aromatic rings. The average molecular weight is 1540 g/mol. The Balaban J connectivity index is 5.76. The van der Waals surface area contributed by atoms with Crippen molar-refractivity contribution in [3.8, 4) is 0 Å². The lowest BCUT2D eigenvalue weighted by Crippen LogP contribution is -2.43. The van der Waals surface area contributed by atoms with Gasteiger partial charge >= 0.3 is 47.8 Å². The van der Waals surface area contributed by atoms with Crippen LogP contribution in [0.2, 0.25) is 0 Å². The molecule has 0 aliphatic rings. The molecule has 33 heteroatoms. The lowest BCUT2D eigenvalue weighted by molar-refractivity contribution is -0.162. The van der Waals surface area contributed by atoms with Crippen molar-refractivity contribution >= 4 is 59.6 Å². The molecule has 0 rings (SSSR count). The highest BCUT2D eigenvalue weighted by atomic mass is 16.6. The van der Waals surface area contributed by atoms with Gasteiger partial charge in [-0.15, -0.1) is 0 Å². The number of hydrogen-bond donors (Lipinski definition) is 3. The van der Waals surface area contributed by atoms with Gasteiger partial charge in [0.25, 0.3) is 0 Å². The van der Waals surface area contributed by atoms with Gasteiger partial charge in [-0.25, -0.2) is 0 Å². The molecule has 0 aromatic heterocycles. The lowest BCUT2D eigenvalue weighted by Gasteiger charge is -2.27. The minimum absolute atomic E-state index is 0.0128. The third-order valence-electron chi connectivity index (χ3n) is 13.6. The van der Waals surface area contributed by atoms with Gasteiger partial charge in [-0.1, -0.05) is 6.92 Å². The van der Waals surface area contributed by atoms with E-state index in [4.69, 9.17) is 61.6 Å². The van der Waals surface area contributed by atoms with Crippen LogP contribution in [0.4, 0.5) is 0 Å². The molecular weight excluding hydrogens is 1400 g/mol. The Morgan fingerprint density at radius 1 is 0.243 bits per heavy atom. The molecule has 0 aliphatic heterocycles. The summed E-state index contributed by atoms with van der Waals surface area (Å²) in [4.78, 5) is 140. The summed E-state index contributed by atoms with van der Waals surface area (Å²) in [5.41, 5.74) is -5.03. The number of ether oxygens (including phenoxy) is 13. The predicted molar refractivity (Wildman–Crippen MR) is 400 cm³/mol. The number of likely N-dealkylation sites (N-methyl/N-ethyl adjacent to an activating group) is 1. The number of rotatable bonds is 57. The normalized spacial score (nSPS) is 12.7. The Labute approximate surface area is 638 Å². The summed E-state index contributed by atoms with van der Waals surface area (Å²) in [6.45, 7) is 43.3. The van der Waals surface area contributed by atoms with Crippen LogP contribution in [0.5, 0.6) is 0 Å². The van der Waals surface area contributed by atoms with Crippen molar-refractivity contribution in [3.63, 3.8) is 0 Å². The van der Waals surface area contributed by atoms with Crippen molar-refractivity contribution in [2.75, 3.05) is 230 Å². The van der Waals surface area contributed by atoms with Crippen molar-refractivity contribution in [2.24, 2.45) is 0 Å². The summed E-state index contributed by atoms with van der Waals surface area (Å²) >= 11 is 0. The molecule has 0 unspecified atom stereocenters. The number of carboxylic acid groups (broad SMARTS) is 1. The first-order valence-corrected chi connectivity index (χ1v) is 37.2. The summed E-state index contributed by atoms with van der Waals surface area (Å²) in [5, 5.41) is 15.4. The van der Waals surface area contributed by atoms with Crippen molar-refractivity contribution < 1.29 is 115 Å². The van der Waals surface area contributed by atoms with Crippen LogP contribution in [0.3, 0.4) is 0 Å². The molecule has 624 valence electrons. The van der Waals surface area contributed by atoms with Crippen molar-refractivity contribution in [3.05, 3.63) is 0 Å². The molecule has 0 radical (unpaired) electrons. The highest BCUT2D eigenvalue weighted by Crippen LogP contribution is 2.15. The molecule has 107 heavy (non-hydrogen) atoms. The molecular formula is C74H139N9O24. The smallest absolute Gasteiger partial charge is 0.320 e. The highest BCUT2D eigenvalue weighted by molar-refractivity contribution is 5.79. The van der Waals surface area contributed by atoms with E-state index in [9.17, 15) is 53.1 Å². The molecule has 0 aliphatic carbocycles. The molecule has 0 bridgehead atoms. The van der Waals surface area contributed by atoms with Gasteiger partial charge in [0.15, 0.2) is 0 Å². The van der Waals surface area contributed by atoms with Gasteiger partial charge in [-0.3, -0.25) is 82.2 Å². The molecule has 0 heterocycles. The van der Waals surface area contributed by atoms with Crippen LogP contribution >= 0.6 is 0 Å². The highest BCUT2D eigenvalue weighted by Gasteiger charge is 2.28. The number of carbonyl (C=O) groups excluding carboxylic acids is 9. The Bertz CT molecular complexity index is 2430. The van der Waals surface area contributed by atoms with Crippen LogP contribution in [0.25, 0.3) is 0 Å². The van der Waals surface area contributed by atoms with E-state index < -0.39 is 81.0 Å². The zero-order valence-corrected chi connectivity index (χ0v) is 69.2. The zero-order valence-electron chi connectivity index (χ0n) is 69.2. The van der Waals surface area contributed by atoms with Crippen molar-refractivity contribution in [1.82, 2.24) is 44.9 Å². The fourth-order valence-corrected chi connectivity index (χ4v) is 9.48. The third-order valence-corrected chi connectivity index (χ3v) is 13.6. The fraction of sp³-hybridized carbons (Fsp3) is 0.865. The molecule has 0 atom stereocenters. The topological polar surface area (TPSA) is 358 Å². The molecule has 0 fully saturated rings. The second kappa shape index (κ2) is 52.4. The Morgan fingerprint density at radius 2 is 0.411 bits per heavy atom. The first-order chi connectivity index (χ1) is 49.4. The largest absolute Gasteiger partial charge is 0.480 e. The summed E-state index contributed by atoms with van der Waals surface area (Å²) in [6, 6.07) is 0. The first-order valence-electron chi connectivity index (χ1n) is 37.2. The summed E-state index contributed by atoms with van der Waals surface area (Å²) in [7, 11) is 0. The van der Waals surface area contributed by atoms with Crippen LogP contribution in [0, 0.1) is 0 Å². The quantitative estimate of drug-likeness (QED) is 0.0448. The Kier molecular flexibility index (Phi) is 49.5. The minimum Gasteiger partial charge on any atom is -0.480 e. The first kappa shape index (κ1) is 101. The van der Waals surface area contributed by atoms with Crippen LogP contribution < -0.4 is 10.6 Å². The fourth-order valence-electron chi connectivity index (χ4n) is 9.48. The maximum Gasteiger partial charge on any atom is 0.320 e. The van der Waals surface area contributed by atoms with Gasteiger partial charge < -0.3 is 77.3 Å². The molecule has 0 spiro atoms. The van der Waals surface area contributed by atoms with Crippen LogP contribution in [-0.2, 0) is 110 Å². The number of nitrogens with zero attached hydrogens (tertiary/aromatic N) is 7. The predicted octanol–water partition coefficient (Wildman–Crippen LogP) is 2.93. The van der Waals surface area contributed by atoms with E-state index in [1.165, 1.54) is 0 Å². The summed E-state index contributed by atoms with van der Waals surface area (Å²) in [5.74, 6) is -5.10. The molecule has 0 aromatic carbocycles. The van der Waals surface area contributed by atoms with E-state index in [0.29, 0.717) is 32.8 Å². The molecule has 0 saturated carbocycles. The van der Waals surface area contributed by atoms with E-state index in [2.05, 4.69) is 10.6 Å². The SMILES string of the molecule is CCN(CCOCCN(CCOCCN(CC(=O)OC(C)(C)C)CC(=O)OC(C)(C)C)CC(=O)NCCOCCN(CCOCCNC(=O)CN(CCOCCN(CC(=O)OC(C)(C)C)CC(=O)OC(C)(C)C)CCOCCN(CC(=O)OC(C)(C)C)CC(=O)OC(C)(C)C)CC(=O)O)CC(=O)OC(C)(C)C. The number of esters is 7. The maximum atomic E-state index is 13.4. The summed E-state index contributed by atoms with van der Waals surface area (Å²) in [6.07, 6.45) is 0. The second-order valence-corrected chi connectivity index (χ2v) is 32.7. The zero-order chi connectivity index (χ0) is 81.7. The van der Waals surface area contributed by atoms with E-state index in [1.807, 2.05) is 42.4 Å². The van der Waals surface area contributed by atoms with Gasteiger partial charge in [-0.05, 0) is 152 Å². The monoisotopic (exact) mass is 1540 g/mol. The number of hydrogen-bond acceptors (Lipinski definition) is 30. The standard InChI is InChI=1S/C74H139N9O24/c1-23-77(51-61(88)101-68(2,3)4)26-38-97-41-27-78(28-42-98-45-33-81(52-62(89)102-69(5,6)7)53-63(90)103-70(8,9)10)48-58(84)75-24-36-95-39-31-80(50-60(86)87)32-40-96-37-25-76-59(85)49-79(29-43-99-46-34-82(54-64(91)104-71(11,12)13)55-65(92)105-72(14,15)16)30-44-100-47-35-83(56-66(93)106-73(17,18)19)57-67(94)107-74(20,21)22/h23-57H2,1-22H3,(H,75,84)(H,76,85)(H,86,87). The van der Waals surface area contributed by atoms with Crippen LogP contribution in [0.15, 0.2) is 0 Å². The average Bonchev–Trinajstić information content (AvgIpc) is 0.895. The van der Waals surface area contributed by atoms with E-state index in [0.717, 1.165) is 0 Å². The number of amides is 2. The Hall–Kier alpha value is -5.82. The third kappa shape index (κ3) is 65.8. The van der Waals surface area contributed by atoms with Gasteiger partial charge in [0.2, 0.25) is 11.8 Å². The number of aliphatic carboxylic acids is 1.